The van der Waals surface area contributed by atoms with Gasteiger partial charge < -0.3 is 15.1 Å². The van der Waals surface area contributed by atoms with Gasteiger partial charge in [-0.15, -0.1) is 0 Å². The second-order valence-electron chi connectivity index (χ2n) is 4.64. The minimum absolute atomic E-state index is 0.118. The highest BCUT2D eigenvalue weighted by Gasteiger charge is 2.10. The molecule has 1 aromatic carbocycles. The average molecular weight is 350 g/mol. The predicted molar refractivity (Wildman–Crippen MR) is 88.2 cm³/mol. The van der Waals surface area contributed by atoms with Crippen molar-refractivity contribution in [3.63, 3.8) is 0 Å². The first-order valence-corrected chi connectivity index (χ1v) is 7.34. The Morgan fingerprint density at radius 2 is 1.83 bits per heavy atom. The van der Waals surface area contributed by atoms with Gasteiger partial charge in [0.2, 0.25) is 0 Å². The van der Waals surface area contributed by atoms with E-state index in [-0.39, 0.29) is 23.2 Å². The molecular formula is C15H15FN4O3S. The number of halogens is 1. The van der Waals surface area contributed by atoms with Crippen LogP contribution in [0.4, 0.5) is 4.39 Å². The van der Waals surface area contributed by atoms with Crippen LogP contribution in [-0.2, 0) is 11.3 Å². The van der Waals surface area contributed by atoms with Crippen LogP contribution in [0.3, 0.4) is 0 Å². The summed E-state index contributed by atoms with van der Waals surface area (Å²) in [6.45, 7) is 0.129. The lowest BCUT2D eigenvalue weighted by Gasteiger charge is -2.11. The van der Waals surface area contributed by atoms with Gasteiger partial charge in [-0.2, -0.15) is 0 Å². The normalized spacial score (nSPS) is 9.88. The van der Waals surface area contributed by atoms with E-state index in [1.807, 2.05) is 0 Å². The van der Waals surface area contributed by atoms with Crippen LogP contribution in [0.2, 0.25) is 0 Å². The van der Waals surface area contributed by atoms with E-state index in [1.165, 1.54) is 24.5 Å². The van der Waals surface area contributed by atoms with Gasteiger partial charge in [-0.1, -0.05) is 12.1 Å². The maximum Gasteiger partial charge on any atom is 0.287 e. The van der Waals surface area contributed by atoms with Gasteiger partial charge >= 0.3 is 0 Å². The molecule has 1 heterocycles. The lowest BCUT2D eigenvalue weighted by Crippen LogP contribution is -2.49. The first-order chi connectivity index (χ1) is 11.5. The van der Waals surface area contributed by atoms with Gasteiger partial charge in [0, 0.05) is 6.54 Å². The van der Waals surface area contributed by atoms with E-state index in [0.29, 0.717) is 6.54 Å². The zero-order valence-corrected chi connectivity index (χ0v) is 13.3. The molecule has 2 rings (SSSR count). The number of amides is 2. The first kappa shape index (κ1) is 17.4. The fraction of sp³-hybridized carbons (Fsp3) is 0.133. The van der Waals surface area contributed by atoms with Crippen LogP contribution >= 0.6 is 12.2 Å². The van der Waals surface area contributed by atoms with Crippen molar-refractivity contribution in [1.82, 2.24) is 21.5 Å². The SMILES string of the molecule is O=C(CNC(=O)c1ccco1)NNC(=S)NCc1ccc(F)cc1. The van der Waals surface area contributed by atoms with Crippen LogP contribution in [0.15, 0.2) is 47.1 Å². The molecule has 0 fully saturated rings. The third kappa shape index (κ3) is 5.69. The van der Waals surface area contributed by atoms with E-state index in [2.05, 4.69) is 21.5 Å². The Morgan fingerprint density at radius 1 is 1.08 bits per heavy atom. The summed E-state index contributed by atoms with van der Waals surface area (Å²) in [6, 6.07) is 8.98. The molecule has 4 N–H and O–H groups in total. The first-order valence-electron chi connectivity index (χ1n) is 6.93. The van der Waals surface area contributed by atoms with Gasteiger partial charge in [0.25, 0.3) is 11.8 Å². The molecule has 0 bridgehead atoms. The summed E-state index contributed by atoms with van der Waals surface area (Å²) in [6.07, 6.45) is 1.36. The van der Waals surface area contributed by atoms with Gasteiger partial charge in [0.05, 0.1) is 12.8 Å². The van der Waals surface area contributed by atoms with Crippen LogP contribution in [0, 0.1) is 5.82 Å². The molecule has 0 saturated heterocycles. The standard InChI is InChI=1S/C15H15FN4O3S/c16-11-5-3-10(4-6-11)8-18-15(24)20-19-13(21)9-17-14(22)12-2-1-7-23-12/h1-7H,8-9H2,(H,17,22)(H,19,21)(H2,18,20,24). The zero-order valence-electron chi connectivity index (χ0n) is 12.5. The van der Waals surface area contributed by atoms with Crippen molar-refractivity contribution < 1.29 is 18.4 Å². The smallest absolute Gasteiger partial charge is 0.287 e. The molecule has 0 aliphatic heterocycles. The van der Waals surface area contributed by atoms with Gasteiger partial charge in [-0.05, 0) is 42.0 Å². The number of carbonyl (C=O) groups is 2. The van der Waals surface area contributed by atoms with Crippen LogP contribution in [0.25, 0.3) is 0 Å². The minimum atomic E-state index is -0.493. The molecule has 2 aromatic rings. The molecule has 126 valence electrons. The quantitative estimate of drug-likeness (QED) is 0.472. The second kappa shape index (κ2) is 8.63. The molecule has 0 saturated carbocycles. The molecule has 0 unspecified atom stereocenters. The van der Waals surface area contributed by atoms with Crippen LogP contribution in [0.1, 0.15) is 16.1 Å². The third-order valence-electron chi connectivity index (χ3n) is 2.84. The summed E-state index contributed by atoms with van der Waals surface area (Å²) >= 11 is 4.98. The molecule has 0 atom stereocenters. The number of furan rings is 1. The molecule has 2 amide bonds. The number of benzene rings is 1. The molecule has 0 spiro atoms. The van der Waals surface area contributed by atoms with E-state index in [0.717, 1.165) is 5.56 Å². The number of thiocarbonyl (C=S) groups is 1. The summed E-state index contributed by atoms with van der Waals surface area (Å²) < 4.78 is 17.7. The van der Waals surface area contributed by atoms with E-state index < -0.39 is 11.8 Å². The summed E-state index contributed by atoms with van der Waals surface area (Å²) in [5, 5.41) is 5.41. The van der Waals surface area contributed by atoms with E-state index >= 15 is 0 Å². The van der Waals surface area contributed by atoms with Crippen LogP contribution in [-0.4, -0.2) is 23.5 Å². The Kier molecular flexibility index (Phi) is 6.26. The van der Waals surface area contributed by atoms with Crippen molar-refractivity contribution in [2.24, 2.45) is 0 Å². The number of nitrogens with one attached hydrogen (secondary N) is 4. The summed E-state index contributed by atoms with van der Waals surface area (Å²) in [5.74, 6) is -1.18. The Morgan fingerprint density at radius 3 is 2.50 bits per heavy atom. The number of rotatable bonds is 5. The van der Waals surface area contributed by atoms with Crippen molar-refractivity contribution in [3.8, 4) is 0 Å². The van der Waals surface area contributed by atoms with E-state index in [9.17, 15) is 14.0 Å². The highest BCUT2D eigenvalue weighted by molar-refractivity contribution is 7.80. The number of hydrogen-bond acceptors (Lipinski definition) is 4. The van der Waals surface area contributed by atoms with Gasteiger partial charge in [0.15, 0.2) is 10.9 Å². The van der Waals surface area contributed by atoms with Crippen molar-refractivity contribution >= 4 is 29.1 Å². The number of hydrogen-bond donors (Lipinski definition) is 4. The summed E-state index contributed by atoms with van der Waals surface area (Å²) in [5.41, 5.74) is 5.66. The van der Waals surface area contributed by atoms with Crippen LogP contribution < -0.4 is 21.5 Å². The highest BCUT2D eigenvalue weighted by atomic mass is 32.1. The monoisotopic (exact) mass is 350 g/mol. The zero-order chi connectivity index (χ0) is 17.4. The van der Waals surface area contributed by atoms with E-state index in [1.54, 1.807) is 18.2 Å². The largest absolute Gasteiger partial charge is 0.459 e. The minimum Gasteiger partial charge on any atom is -0.459 e. The topological polar surface area (TPSA) is 95.4 Å². The lowest BCUT2D eigenvalue weighted by molar-refractivity contribution is -0.120. The summed E-state index contributed by atoms with van der Waals surface area (Å²) in [4.78, 5) is 23.1. The Labute approximate surface area is 142 Å². The lowest BCUT2D eigenvalue weighted by atomic mass is 10.2. The van der Waals surface area contributed by atoms with E-state index in [4.69, 9.17) is 16.6 Å². The van der Waals surface area contributed by atoms with Crippen LogP contribution in [0.5, 0.6) is 0 Å². The third-order valence-corrected chi connectivity index (χ3v) is 3.08. The maximum absolute atomic E-state index is 12.8. The molecule has 0 radical (unpaired) electrons. The summed E-state index contributed by atoms with van der Waals surface area (Å²) in [7, 11) is 0. The van der Waals surface area contributed by atoms with Crippen molar-refractivity contribution in [3.05, 3.63) is 59.8 Å². The molecule has 24 heavy (non-hydrogen) atoms. The molecule has 7 nitrogen and oxygen atoms in total. The Bertz CT molecular complexity index is 704. The Hall–Kier alpha value is -2.94. The maximum atomic E-state index is 12.8. The number of carbonyl (C=O) groups excluding carboxylic acids is 2. The van der Waals surface area contributed by atoms with Crippen molar-refractivity contribution in [2.45, 2.75) is 6.54 Å². The molecular weight excluding hydrogens is 335 g/mol. The van der Waals surface area contributed by atoms with Gasteiger partial charge in [-0.3, -0.25) is 20.4 Å². The fourth-order valence-corrected chi connectivity index (χ4v) is 1.78. The van der Waals surface area contributed by atoms with Gasteiger partial charge in [0.1, 0.15) is 5.82 Å². The predicted octanol–water partition coefficient (Wildman–Crippen LogP) is 0.844. The van der Waals surface area contributed by atoms with Crippen molar-refractivity contribution in [2.75, 3.05) is 6.54 Å². The fourth-order valence-electron chi connectivity index (χ4n) is 1.65. The highest BCUT2D eigenvalue weighted by Crippen LogP contribution is 2.01. The molecule has 9 heteroatoms. The Balaban J connectivity index is 1.63. The molecule has 0 aliphatic carbocycles. The average Bonchev–Trinajstić information content (AvgIpc) is 3.12. The number of hydrazine groups is 1. The second-order valence-corrected chi connectivity index (χ2v) is 5.05. The molecule has 1 aromatic heterocycles. The van der Waals surface area contributed by atoms with Crippen molar-refractivity contribution in [1.29, 1.82) is 0 Å². The van der Waals surface area contributed by atoms with Gasteiger partial charge in [-0.25, -0.2) is 4.39 Å². The molecule has 0 aliphatic rings.